The van der Waals surface area contributed by atoms with Crippen molar-refractivity contribution in [1.82, 2.24) is 15.1 Å². The first-order valence-corrected chi connectivity index (χ1v) is 7.74. The van der Waals surface area contributed by atoms with Gasteiger partial charge in [0.15, 0.2) is 5.69 Å². The third-order valence-electron chi connectivity index (χ3n) is 4.34. The van der Waals surface area contributed by atoms with Crippen LogP contribution in [0.2, 0.25) is 0 Å². The summed E-state index contributed by atoms with van der Waals surface area (Å²) in [5.41, 5.74) is 2.42. The van der Waals surface area contributed by atoms with Gasteiger partial charge in [-0.1, -0.05) is 13.0 Å². The molecule has 1 unspecified atom stereocenters. The molecule has 1 amide bonds. The van der Waals surface area contributed by atoms with E-state index in [1.807, 2.05) is 18.2 Å². The monoisotopic (exact) mass is 329 g/mol. The zero-order valence-corrected chi connectivity index (χ0v) is 13.6. The number of fused-ring (bicyclic) bond motifs is 1. The molecule has 1 aromatic heterocycles. The molecule has 0 bridgehead atoms. The number of aromatic nitrogens is 2. The van der Waals surface area contributed by atoms with Gasteiger partial charge in [0, 0.05) is 19.2 Å². The Hall–Kier alpha value is -2.83. The van der Waals surface area contributed by atoms with E-state index in [0.717, 1.165) is 12.2 Å². The number of carboxylic acids is 1. The van der Waals surface area contributed by atoms with Crippen molar-refractivity contribution in [2.45, 2.75) is 19.3 Å². The first-order chi connectivity index (χ1) is 11.5. The average molecular weight is 329 g/mol. The Morgan fingerprint density at radius 2 is 2.17 bits per heavy atom. The lowest BCUT2D eigenvalue weighted by molar-refractivity contribution is 0.0690. The molecule has 2 aromatic rings. The Bertz CT molecular complexity index is 784. The van der Waals surface area contributed by atoms with Crippen LogP contribution in [-0.2, 0) is 6.42 Å². The van der Waals surface area contributed by atoms with E-state index in [4.69, 9.17) is 9.84 Å². The van der Waals surface area contributed by atoms with Crippen LogP contribution in [-0.4, -0.2) is 52.3 Å². The van der Waals surface area contributed by atoms with Gasteiger partial charge in [0.1, 0.15) is 11.4 Å². The Kier molecular flexibility index (Phi) is 4.24. The van der Waals surface area contributed by atoms with Crippen LogP contribution in [0.15, 0.2) is 24.3 Å². The van der Waals surface area contributed by atoms with Crippen molar-refractivity contribution in [2.75, 3.05) is 20.2 Å². The minimum atomic E-state index is -1.13. The van der Waals surface area contributed by atoms with Gasteiger partial charge in [-0.3, -0.25) is 9.89 Å². The van der Waals surface area contributed by atoms with Gasteiger partial charge in [0.2, 0.25) is 0 Å². The second kappa shape index (κ2) is 6.35. The molecular formula is C17H19N3O4. The number of carboxylic acid groups (broad SMARTS) is 1. The van der Waals surface area contributed by atoms with Crippen LogP contribution in [0.3, 0.4) is 0 Å². The molecule has 2 N–H and O–H groups in total. The number of H-pyrrole nitrogens is 1. The fourth-order valence-corrected chi connectivity index (χ4v) is 3.05. The van der Waals surface area contributed by atoms with E-state index in [0.29, 0.717) is 13.1 Å². The number of rotatable bonds is 3. The third kappa shape index (κ3) is 2.97. The molecule has 1 atom stereocenters. The fraction of sp³-hybridized carbons (Fsp3) is 0.353. The highest BCUT2D eigenvalue weighted by atomic mass is 16.5. The summed E-state index contributed by atoms with van der Waals surface area (Å²) in [4.78, 5) is 25.3. The maximum atomic E-state index is 12.6. The standard InChI is InChI=1S/C17H19N3O4/c1-10-9-20(16(21)14-8-15(17(22)23)19-18-14)6-5-11-3-4-12(24-2)7-13(10)11/h3-4,7-8,10H,5-6,9H2,1-2H3,(H,18,19)(H,22,23). The van der Waals surface area contributed by atoms with Gasteiger partial charge < -0.3 is 14.7 Å². The van der Waals surface area contributed by atoms with Gasteiger partial charge in [0.25, 0.3) is 5.91 Å². The number of nitrogens with zero attached hydrogens (tertiary/aromatic N) is 2. The van der Waals surface area contributed by atoms with E-state index in [-0.39, 0.29) is 23.2 Å². The Labute approximate surface area is 139 Å². The smallest absolute Gasteiger partial charge is 0.353 e. The largest absolute Gasteiger partial charge is 0.497 e. The lowest BCUT2D eigenvalue weighted by Gasteiger charge is -2.22. The maximum Gasteiger partial charge on any atom is 0.353 e. The Morgan fingerprint density at radius 3 is 2.83 bits per heavy atom. The second-order valence-corrected chi connectivity index (χ2v) is 5.94. The zero-order chi connectivity index (χ0) is 17.3. The number of hydrogen-bond acceptors (Lipinski definition) is 4. The number of nitrogens with one attached hydrogen (secondary N) is 1. The van der Waals surface area contributed by atoms with Gasteiger partial charge in [-0.15, -0.1) is 0 Å². The summed E-state index contributed by atoms with van der Waals surface area (Å²) in [6, 6.07) is 7.26. The number of aromatic amines is 1. The number of aromatic carboxylic acids is 1. The molecule has 1 aliphatic heterocycles. The first kappa shape index (κ1) is 16.0. The van der Waals surface area contributed by atoms with Gasteiger partial charge in [0.05, 0.1) is 7.11 Å². The van der Waals surface area contributed by atoms with Gasteiger partial charge in [-0.25, -0.2) is 4.79 Å². The molecule has 0 saturated carbocycles. The zero-order valence-electron chi connectivity index (χ0n) is 13.6. The van der Waals surface area contributed by atoms with Crippen LogP contribution in [0.1, 0.15) is 44.9 Å². The number of carbonyl (C=O) groups is 2. The highest BCUT2D eigenvalue weighted by molar-refractivity contribution is 5.95. The summed E-state index contributed by atoms with van der Waals surface area (Å²) in [5, 5.41) is 15.1. The van der Waals surface area contributed by atoms with Crippen molar-refractivity contribution in [3.63, 3.8) is 0 Å². The molecule has 126 valence electrons. The van der Waals surface area contributed by atoms with E-state index in [1.54, 1.807) is 12.0 Å². The molecule has 3 rings (SSSR count). The number of methoxy groups -OCH3 is 1. The van der Waals surface area contributed by atoms with E-state index >= 15 is 0 Å². The van der Waals surface area contributed by atoms with Crippen LogP contribution in [0, 0.1) is 0 Å². The van der Waals surface area contributed by atoms with Crippen LogP contribution in [0.4, 0.5) is 0 Å². The minimum absolute atomic E-state index is 0.0887. The van der Waals surface area contributed by atoms with Crippen LogP contribution >= 0.6 is 0 Å². The summed E-state index contributed by atoms with van der Waals surface area (Å²) >= 11 is 0. The van der Waals surface area contributed by atoms with Crippen molar-refractivity contribution in [3.8, 4) is 5.75 Å². The first-order valence-electron chi connectivity index (χ1n) is 7.74. The maximum absolute atomic E-state index is 12.6. The quantitative estimate of drug-likeness (QED) is 0.897. The number of amides is 1. The molecule has 7 heteroatoms. The molecular weight excluding hydrogens is 310 g/mol. The lowest BCUT2D eigenvalue weighted by Crippen LogP contribution is -2.34. The molecule has 1 aromatic carbocycles. The average Bonchev–Trinajstić information content (AvgIpc) is 3.01. The Morgan fingerprint density at radius 1 is 1.38 bits per heavy atom. The molecule has 0 aliphatic carbocycles. The van der Waals surface area contributed by atoms with Crippen molar-refractivity contribution in [1.29, 1.82) is 0 Å². The van der Waals surface area contributed by atoms with Crippen molar-refractivity contribution in [3.05, 3.63) is 46.8 Å². The van der Waals surface area contributed by atoms with E-state index in [2.05, 4.69) is 17.1 Å². The predicted molar refractivity (Wildman–Crippen MR) is 86.6 cm³/mol. The van der Waals surface area contributed by atoms with Crippen molar-refractivity contribution >= 4 is 11.9 Å². The van der Waals surface area contributed by atoms with Gasteiger partial charge >= 0.3 is 5.97 Å². The number of carbonyl (C=O) groups excluding carboxylic acids is 1. The number of ether oxygens (including phenoxy) is 1. The predicted octanol–water partition coefficient (Wildman–Crippen LogP) is 1.92. The summed E-state index contributed by atoms with van der Waals surface area (Å²) < 4.78 is 5.29. The van der Waals surface area contributed by atoms with Crippen molar-refractivity contribution < 1.29 is 19.4 Å². The van der Waals surface area contributed by atoms with Crippen LogP contribution in [0.5, 0.6) is 5.75 Å². The van der Waals surface area contributed by atoms with Crippen molar-refractivity contribution in [2.24, 2.45) is 0 Å². The number of benzene rings is 1. The minimum Gasteiger partial charge on any atom is -0.497 e. The highest BCUT2D eigenvalue weighted by Gasteiger charge is 2.26. The van der Waals surface area contributed by atoms with Gasteiger partial charge in [-0.2, -0.15) is 5.10 Å². The summed E-state index contributed by atoms with van der Waals surface area (Å²) in [6.45, 7) is 3.18. The molecule has 0 saturated heterocycles. The summed E-state index contributed by atoms with van der Waals surface area (Å²) in [6.07, 6.45) is 0.742. The van der Waals surface area contributed by atoms with E-state index in [1.165, 1.54) is 17.2 Å². The SMILES string of the molecule is COc1ccc2c(c1)C(C)CN(C(=O)c1cc(C(=O)O)[nH]n1)CC2. The van der Waals surface area contributed by atoms with Gasteiger partial charge in [-0.05, 0) is 35.6 Å². The summed E-state index contributed by atoms with van der Waals surface area (Å²) in [7, 11) is 1.64. The highest BCUT2D eigenvalue weighted by Crippen LogP contribution is 2.29. The Balaban J connectivity index is 1.81. The normalized spacial score (nSPS) is 17.1. The van der Waals surface area contributed by atoms with E-state index < -0.39 is 5.97 Å². The lowest BCUT2D eigenvalue weighted by atomic mass is 9.95. The fourth-order valence-electron chi connectivity index (χ4n) is 3.05. The van der Waals surface area contributed by atoms with Crippen LogP contribution < -0.4 is 4.74 Å². The molecule has 0 radical (unpaired) electrons. The molecule has 24 heavy (non-hydrogen) atoms. The second-order valence-electron chi connectivity index (χ2n) is 5.94. The molecule has 0 spiro atoms. The third-order valence-corrected chi connectivity index (χ3v) is 4.34. The molecule has 1 aliphatic rings. The van der Waals surface area contributed by atoms with Crippen LogP contribution in [0.25, 0.3) is 0 Å². The molecule has 0 fully saturated rings. The summed E-state index contributed by atoms with van der Waals surface area (Å²) in [5.74, 6) is -0.436. The topological polar surface area (TPSA) is 95.5 Å². The number of hydrogen-bond donors (Lipinski definition) is 2. The van der Waals surface area contributed by atoms with E-state index in [9.17, 15) is 9.59 Å². The molecule has 7 nitrogen and oxygen atoms in total. The molecule has 2 heterocycles.